The van der Waals surface area contributed by atoms with E-state index in [2.05, 4.69) is 0 Å². The molecule has 68 valence electrons. The van der Waals surface area contributed by atoms with E-state index in [0.717, 1.165) is 25.0 Å². The van der Waals surface area contributed by atoms with Gasteiger partial charge in [-0.1, -0.05) is 0 Å². The molecule has 3 nitrogen and oxygen atoms in total. The summed E-state index contributed by atoms with van der Waals surface area (Å²) >= 11 is 0. The zero-order chi connectivity index (χ0) is 8.84. The third-order valence-electron chi connectivity index (χ3n) is 3.06. The van der Waals surface area contributed by atoms with E-state index < -0.39 is 0 Å². The maximum Gasteiger partial charge on any atom is 0.223 e. The monoisotopic (exact) mass is 177 g/mol. The number of carbonyl (C=O) groups is 1. The summed E-state index contributed by atoms with van der Waals surface area (Å²) in [6.45, 7) is 0.686. The Balaban J connectivity index is 1.98. The lowest BCUT2D eigenvalue weighted by atomic mass is 10.0. The highest BCUT2D eigenvalue weighted by Gasteiger charge is 2.35. The van der Waals surface area contributed by atoms with Crippen LogP contribution in [0.3, 0.4) is 0 Å². The molecule has 0 spiro atoms. The summed E-state index contributed by atoms with van der Waals surface area (Å²) in [4.78, 5) is 13.4. The van der Waals surface area contributed by atoms with E-state index in [0.29, 0.717) is 12.6 Å². The van der Waals surface area contributed by atoms with Gasteiger partial charge in [-0.3, -0.25) is 4.79 Å². The lowest BCUT2D eigenvalue weighted by Crippen LogP contribution is -2.37. The predicted octanol–water partition coefficient (Wildman–Crippen LogP) is 1.33. The Bertz CT molecular complexity index is 356. The highest BCUT2D eigenvalue weighted by molar-refractivity contribution is 5.79. The third kappa shape index (κ3) is 0.930. The van der Waals surface area contributed by atoms with E-state index in [1.54, 1.807) is 6.26 Å². The Labute approximate surface area is 76.3 Å². The van der Waals surface area contributed by atoms with Crippen LogP contribution in [0.2, 0.25) is 0 Å². The van der Waals surface area contributed by atoms with Crippen LogP contribution in [-0.4, -0.2) is 16.8 Å². The van der Waals surface area contributed by atoms with Crippen LogP contribution in [0.4, 0.5) is 0 Å². The maximum absolute atomic E-state index is 11.4. The van der Waals surface area contributed by atoms with Crippen LogP contribution in [-0.2, 0) is 17.8 Å². The molecule has 1 unspecified atom stereocenters. The van der Waals surface area contributed by atoms with Crippen molar-refractivity contribution >= 4 is 5.91 Å². The van der Waals surface area contributed by atoms with E-state index in [4.69, 9.17) is 4.42 Å². The minimum atomic E-state index is 0.284. The van der Waals surface area contributed by atoms with Gasteiger partial charge in [0.1, 0.15) is 5.76 Å². The van der Waals surface area contributed by atoms with Gasteiger partial charge in [0.15, 0.2) is 0 Å². The highest BCUT2D eigenvalue weighted by Crippen LogP contribution is 2.31. The molecule has 2 aliphatic rings. The van der Waals surface area contributed by atoms with Gasteiger partial charge in [0.2, 0.25) is 5.91 Å². The molecule has 0 aromatic carbocycles. The Morgan fingerprint density at radius 2 is 2.46 bits per heavy atom. The minimum absolute atomic E-state index is 0.284. The Hall–Kier alpha value is -1.25. The molecule has 1 amide bonds. The van der Waals surface area contributed by atoms with Gasteiger partial charge in [-0.15, -0.1) is 0 Å². The van der Waals surface area contributed by atoms with Crippen LogP contribution in [0, 0.1) is 0 Å². The number of nitrogens with zero attached hydrogens (tertiary/aromatic N) is 1. The predicted molar refractivity (Wildman–Crippen MR) is 46.0 cm³/mol. The van der Waals surface area contributed by atoms with Crippen molar-refractivity contribution in [2.45, 2.75) is 31.8 Å². The molecule has 1 aromatic rings. The summed E-state index contributed by atoms with van der Waals surface area (Å²) in [5.74, 6) is 1.26. The SMILES string of the molecule is O=C1CCC2Cc3ccoc3CN12. The van der Waals surface area contributed by atoms with E-state index in [1.165, 1.54) is 5.56 Å². The summed E-state index contributed by atoms with van der Waals surface area (Å²) in [5.41, 5.74) is 1.29. The summed E-state index contributed by atoms with van der Waals surface area (Å²) in [6, 6.07) is 2.47. The van der Waals surface area contributed by atoms with E-state index in [9.17, 15) is 4.79 Å². The third-order valence-corrected chi connectivity index (χ3v) is 3.06. The van der Waals surface area contributed by atoms with Crippen LogP contribution in [0.15, 0.2) is 16.7 Å². The van der Waals surface area contributed by atoms with Crippen LogP contribution < -0.4 is 0 Å². The van der Waals surface area contributed by atoms with Crippen molar-refractivity contribution in [2.24, 2.45) is 0 Å². The fourth-order valence-corrected chi connectivity index (χ4v) is 2.32. The summed E-state index contributed by atoms with van der Waals surface area (Å²) in [5, 5.41) is 0. The zero-order valence-corrected chi connectivity index (χ0v) is 7.32. The second-order valence-corrected chi connectivity index (χ2v) is 3.79. The summed E-state index contributed by atoms with van der Waals surface area (Å²) in [7, 11) is 0. The Kier molecular flexibility index (Phi) is 1.31. The Morgan fingerprint density at radius 1 is 1.54 bits per heavy atom. The fraction of sp³-hybridized carbons (Fsp3) is 0.500. The summed E-state index contributed by atoms with van der Waals surface area (Å²) in [6.07, 6.45) is 4.44. The van der Waals surface area contributed by atoms with Gasteiger partial charge in [-0.25, -0.2) is 0 Å². The van der Waals surface area contributed by atoms with E-state index in [-0.39, 0.29) is 5.91 Å². The molecule has 0 bridgehead atoms. The first-order chi connectivity index (χ1) is 6.34. The smallest absolute Gasteiger partial charge is 0.223 e. The molecule has 1 saturated heterocycles. The van der Waals surface area contributed by atoms with E-state index >= 15 is 0 Å². The van der Waals surface area contributed by atoms with Crippen molar-refractivity contribution in [1.82, 2.24) is 4.90 Å². The maximum atomic E-state index is 11.4. The lowest BCUT2D eigenvalue weighted by Gasteiger charge is -2.28. The molecule has 2 aliphatic heterocycles. The molecule has 3 rings (SSSR count). The van der Waals surface area contributed by atoms with Crippen molar-refractivity contribution in [3.05, 3.63) is 23.7 Å². The van der Waals surface area contributed by atoms with Crippen molar-refractivity contribution in [3.8, 4) is 0 Å². The molecular weight excluding hydrogens is 166 g/mol. The van der Waals surface area contributed by atoms with Gasteiger partial charge in [0.05, 0.1) is 12.8 Å². The van der Waals surface area contributed by atoms with Gasteiger partial charge >= 0.3 is 0 Å². The number of furan rings is 1. The lowest BCUT2D eigenvalue weighted by molar-refractivity contribution is -0.130. The number of rotatable bonds is 0. The molecule has 0 saturated carbocycles. The summed E-state index contributed by atoms with van der Waals surface area (Å²) < 4.78 is 5.32. The first-order valence-corrected chi connectivity index (χ1v) is 4.69. The molecule has 0 N–H and O–H groups in total. The highest BCUT2D eigenvalue weighted by atomic mass is 16.3. The average molecular weight is 177 g/mol. The van der Waals surface area contributed by atoms with Crippen molar-refractivity contribution in [3.63, 3.8) is 0 Å². The van der Waals surface area contributed by atoms with Crippen LogP contribution >= 0.6 is 0 Å². The number of hydrogen-bond donors (Lipinski definition) is 0. The largest absolute Gasteiger partial charge is 0.467 e. The molecule has 0 aliphatic carbocycles. The fourth-order valence-electron chi connectivity index (χ4n) is 2.32. The van der Waals surface area contributed by atoms with Crippen molar-refractivity contribution in [1.29, 1.82) is 0 Å². The van der Waals surface area contributed by atoms with Crippen molar-refractivity contribution < 1.29 is 9.21 Å². The number of fused-ring (bicyclic) bond motifs is 2. The quantitative estimate of drug-likeness (QED) is 0.599. The second-order valence-electron chi connectivity index (χ2n) is 3.79. The number of carbonyl (C=O) groups excluding carboxylic acids is 1. The van der Waals surface area contributed by atoms with Crippen LogP contribution in [0.1, 0.15) is 24.2 Å². The molecular formula is C10H11NO2. The van der Waals surface area contributed by atoms with Gasteiger partial charge in [-0.05, 0) is 24.5 Å². The van der Waals surface area contributed by atoms with Gasteiger partial charge in [0.25, 0.3) is 0 Å². The molecule has 13 heavy (non-hydrogen) atoms. The molecule has 0 radical (unpaired) electrons. The molecule has 3 heteroatoms. The van der Waals surface area contributed by atoms with Crippen LogP contribution in [0.5, 0.6) is 0 Å². The number of amides is 1. The van der Waals surface area contributed by atoms with E-state index in [1.807, 2.05) is 11.0 Å². The molecule has 3 heterocycles. The second kappa shape index (κ2) is 2.37. The average Bonchev–Trinajstić information content (AvgIpc) is 2.70. The normalized spacial score (nSPS) is 26.0. The standard InChI is InChI=1S/C10H11NO2/c12-10-2-1-8-5-7-3-4-13-9(7)6-11(8)10/h3-4,8H,1-2,5-6H2. The Morgan fingerprint density at radius 3 is 3.38 bits per heavy atom. The molecule has 1 atom stereocenters. The van der Waals surface area contributed by atoms with Gasteiger partial charge in [0, 0.05) is 12.5 Å². The first-order valence-electron chi connectivity index (χ1n) is 4.69. The first kappa shape index (κ1) is 7.18. The molecule has 1 fully saturated rings. The van der Waals surface area contributed by atoms with Crippen molar-refractivity contribution in [2.75, 3.05) is 0 Å². The van der Waals surface area contributed by atoms with Gasteiger partial charge < -0.3 is 9.32 Å². The number of hydrogen-bond acceptors (Lipinski definition) is 2. The van der Waals surface area contributed by atoms with Crippen LogP contribution in [0.25, 0.3) is 0 Å². The topological polar surface area (TPSA) is 33.5 Å². The molecule has 1 aromatic heterocycles. The van der Waals surface area contributed by atoms with Gasteiger partial charge in [-0.2, -0.15) is 0 Å². The minimum Gasteiger partial charge on any atom is -0.467 e. The zero-order valence-electron chi connectivity index (χ0n) is 7.32.